The lowest BCUT2D eigenvalue weighted by molar-refractivity contribution is -0.111. The standard InChI is InChI=1S/C28H29N7O/c1-7-23-21(14-31-35(23)6)20-13-29-28-25(17(20)4)26(27(33-28)19-12-30-34(5)15-19)18-10-9-16(3)22(11-18)32-24(36)8-2/h8-15H,2,7H2,1,3-6H3,(H,29,33)(H,32,36). The van der Waals surface area contributed by atoms with Gasteiger partial charge in [0.2, 0.25) is 5.91 Å². The number of anilines is 1. The molecule has 8 nitrogen and oxygen atoms in total. The topological polar surface area (TPSA) is 93.4 Å². The lowest BCUT2D eigenvalue weighted by atomic mass is 9.93. The van der Waals surface area contributed by atoms with Gasteiger partial charge in [-0.3, -0.25) is 14.2 Å². The average molecular weight is 480 g/mol. The van der Waals surface area contributed by atoms with Crippen LogP contribution in [0.4, 0.5) is 5.69 Å². The van der Waals surface area contributed by atoms with Crippen molar-refractivity contribution in [3.05, 3.63) is 72.5 Å². The molecule has 4 aromatic heterocycles. The molecular formula is C28H29N7O. The molecule has 0 saturated carbocycles. The normalized spacial score (nSPS) is 11.2. The summed E-state index contributed by atoms with van der Waals surface area (Å²) >= 11 is 0. The Kier molecular flexibility index (Phi) is 5.80. The number of nitrogens with one attached hydrogen (secondary N) is 2. The van der Waals surface area contributed by atoms with Crippen LogP contribution in [0, 0.1) is 13.8 Å². The van der Waals surface area contributed by atoms with Crippen molar-refractivity contribution in [3.63, 3.8) is 0 Å². The second-order valence-electron chi connectivity index (χ2n) is 9.00. The highest BCUT2D eigenvalue weighted by Crippen LogP contribution is 2.42. The van der Waals surface area contributed by atoms with Gasteiger partial charge < -0.3 is 10.3 Å². The second-order valence-corrected chi connectivity index (χ2v) is 9.00. The molecule has 5 rings (SSSR count). The smallest absolute Gasteiger partial charge is 0.247 e. The number of benzene rings is 1. The van der Waals surface area contributed by atoms with Gasteiger partial charge in [-0.05, 0) is 49.1 Å². The monoisotopic (exact) mass is 479 g/mol. The van der Waals surface area contributed by atoms with Gasteiger partial charge in [0.1, 0.15) is 5.65 Å². The number of rotatable bonds is 6. The zero-order valence-electron chi connectivity index (χ0n) is 21.2. The maximum Gasteiger partial charge on any atom is 0.247 e. The van der Waals surface area contributed by atoms with Crippen LogP contribution in [0.15, 0.2) is 55.6 Å². The number of carbonyl (C=O) groups is 1. The third-order valence-corrected chi connectivity index (χ3v) is 6.73. The molecule has 0 radical (unpaired) electrons. The minimum atomic E-state index is -0.245. The Hall–Kier alpha value is -4.46. The summed E-state index contributed by atoms with van der Waals surface area (Å²) in [4.78, 5) is 20.5. The fourth-order valence-corrected chi connectivity index (χ4v) is 4.84. The third kappa shape index (κ3) is 3.80. The first-order valence-corrected chi connectivity index (χ1v) is 11.9. The van der Waals surface area contributed by atoms with Gasteiger partial charge in [0.25, 0.3) is 0 Å². The van der Waals surface area contributed by atoms with E-state index in [0.717, 1.165) is 73.5 Å². The number of H-pyrrole nitrogens is 1. The van der Waals surface area contributed by atoms with E-state index in [1.807, 2.05) is 62.6 Å². The molecule has 0 spiro atoms. The molecule has 0 saturated heterocycles. The molecule has 1 aromatic carbocycles. The Bertz CT molecular complexity index is 1630. The van der Waals surface area contributed by atoms with Crippen molar-refractivity contribution in [1.29, 1.82) is 0 Å². The SMILES string of the molecule is C=CC(=O)Nc1cc(-c2c(-c3cnn(C)c3)[nH]c3ncc(-c4cnn(C)c4CC)c(C)c23)ccc1C. The molecule has 0 fully saturated rings. The van der Waals surface area contributed by atoms with Crippen molar-refractivity contribution in [3.8, 4) is 33.5 Å². The number of aromatic amines is 1. The molecule has 0 unspecified atom stereocenters. The van der Waals surface area contributed by atoms with Crippen LogP contribution < -0.4 is 5.32 Å². The molecule has 1 amide bonds. The van der Waals surface area contributed by atoms with E-state index in [4.69, 9.17) is 4.98 Å². The van der Waals surface area contributed by atoms with E-state index < -0.39 is 0 Å². The second kappa shape index (κ2) is 8.96. The number of fused-ring (bicyclic) bond motifs is 1. The van der Waals surface area contributed by atoms with E-state index in [2.05, 4.69) is 47.0 Å². The number of nitrogens with zero attached hydrogens (tertiary/aromatic N) is 5. The van der Waals surface area contributed by atoms with Crippen molar-refractivity contribution >= 4 is 22.6 Å². The average Bonchev–Trinajstić information content (AvgIpc) is 3.57. The number of aromatic nitrogens is 6. The molecule has 2 N–H and O–H groups in total. The Balaban J connectivity index is 1.81. The summed E-state index contributed by atoms with van der Waals surface area (Å²) in [6.07, 6.45) is 9.81. The van der Waals surface area contributed by atoms with Crippen molar-refractivity contribution in [2.24, 2.45) is 14.1 Å². The van der Waals surface area contributed by atoms with Gasteiger partial charge in [-0.1, -0.05) is 25.6 Å². The Morgan fingerprint density at radius 2 is 1.92 bits per heavy atom. The van der Waals surface area contributed by atoms with Crippen LogP contribution in [-0.4, -0.2) is 35.4 Å². The molecule has 0 aliphatic rings. The van der Waals surface area contributed by atoms with Gasteiger partial charge in [-0.2, -0.15) is 10.2 Å². The molecule has 5 aromatic rings. The van der Waals surface area contributed by atoms with Gasteiger partial charge >= 0.3 is 0 Å². The van der Waals surface area contributed by atoms with Crippen LogP contribution in [0.25, 0.3) is 44.5 Å². The van der Waals surface area contributed by atoms with Crippen LogP contribution in [0.1, 0.15) is 23.7 Å². The fourth-order valence-electron chi connectivity index (χ4n) is 4.84. The number of hydrogen-bond acceptors (Lipinski definition) is 4. The lowest BCUT2D eigenvalue weighted by Crippen LogP contribution is -2.08. The first-order chi connectivity index (χ1) is 17.3. The highest BCUT2D eigenvalue weighted by molar-refractivity contribution is 6.07. The van der Waals surface area contributed by atoms with E-state index in [9.17, 15) is 4.79 Å². The number of aryl methyl sites for hydroxylation is 4. The highest BCUT2D eigenvalue weighted by atomic mass is 16.1. The first kappa shape index (κ1) is 23.3. The highest BCUT2D eigenvalue weighted by Gasteiger charge is 2.22. The summed E-state index contributed by atoms with van der Waals surface area (Å²) in [7, 11) is 3.87. The minimum absolute atomic E-state index is 0.245. The quantitative estimate of drug-likeness (QED) is 0.322. The molecule has 182 valence electrons. The number of amides is 1. The molecule has 0 aliphatic carbocycles. The van der Waals surface area contributed by atoms with E-state index in [-0.39, 0.29) is 5.91 Å². The molecule has 0 atom stereocenters. The maximum atomic E-state index is 12.1. The Morgan fingerprint density at radius 3 is 2.61 bits per heavy atom. The van der Waals surface area contributed by atoms with Crippen molar-refractivity contribution < 1.29 is 4.79 Å². The number of pyridine rings is 1. The van der Waals surface area contributed by atoms with Gasteiger partial charge in [0.05, 0.1) is 18.1 Å². The van der Waals surface area contributed by atoms with E-state index in [1.54, 1.807) is 4.68 Å². The Morgan fingerprint density at radius 1 is 1.11 bits per heavy atom. The maximum absolute atomic E-state index is 12.1. The minimum Gasteiger partial charge on any atom is -0.339 e. The summed E-state index contributed by atoms with van der Waals surface area (Å²) in [6, 6.07) is 6.10. The van der Waals surface area contributed by atoms with Crippen LogP contribution >= 0.6 is 0 Å². The van der Waals surface area contributed by atoms with E-state index in [0.29, 0.717) is 0 Å². The molecule has 4 heterocycles. The number of carbonyl (C=O) groups excluding carboxylic acids is 1. The molecule has 0 bridgehead atoms. The molecule has 0 aliphatic heterocycles. The van der Waals surface area contributed by atoms with Crippen LogP contribution in [0.2, 0.25) is 0 Å². The summed E-state index contributed by atoms with van der Waals surface area (Å²) in [5.41, 5.74) is 10.8. The summed E-state index contributed by atoms with van der Waals surface area (Å²) in [6.45, 7) is 9.82. The molecular weight excluding hydrogens is 450 g/mol. The predicted molar refractivity (Wildman–Crippen MR) is 144 cm³/mol. The lowest BCUT2D eigenvalue weighted by Gasteiger charge is -2.13. The number of hydrogen-bond donors (Lipinski definition) is 2. The summed E-state index contributed by atoms with van der Waals surface area (Å²) in [5.74, 6) is -0.245. The third-order valence-electron chi connectivity index (χ3n) is 6.73. The zero-order chi connectivity index (χ0) is 25.6. The van der Waals surface area contributed by atoms with Crippen molar-refractivity contribution in [1.82, 2.24) is 29.5 Å². The fraction of sp³-hybridized carbons (Fsp3) is 0.214. The van der Waals surface area contributed by atoms with Gasteiger partial charge in [-0.25, -0.2) is 4.98 Å². The predicted octanol–water partition coefficient (Wildman–Crippen LogP) is 5.33. The van der Waals surface area contributed by atoms with Gasteiger partial charge in [0, 0.05) is 65.5 Å². The van der Waals surface area contributed by atoms with Gasteiger partial charge in [-0.15, -0.1) is 0 Å². The summed E-state index contributed by atoms with van der Waals surface area (Å²) in [5, 5.41) is 12.9. The van der Waals surface area contributed by atoms with Gasteiger partial charge in [0.15, 0.2) is 0 Å². The first-order valence-electron chi connectivity index (χ1n) is 11.9. The van der Waals surface area contributed by atoms with Crippen LogP contribution in [0.3, 0.4) is 0 Å². The van der Waals surface area contributed by atoms with Crippen LogP contribution in [0.5, 0.6) is 0 Å². The largest absolute Gasteiger partial charge is 0.339 e. The van der Waals surface area contributed by atoms with E-state index in [1.165, 1.54) is 6.08 Å². The van der Waals surface area contributed by atoms with Crippen molar-refractivity contribution in [2.45, 2.75) is 27.2 Å². The molecule has 36 heavy (non-hydrogen) atoms. The zero-order valence-corrected chi connectivity index (χ0v) is 21.2. The van der Waals surface area contributed by atoms with Crippen molar-refractivity contribution in [2.75, 3.05) is 5.32 Å². The molecule has 8 heteroatoms. The van der Waals surface area contributed by atoms with Crippen LogP contribution in [-0.2, 0) is 25.3 Å². The summed E-state index contributed by atoms with van der Waals surface area (Å²) < 4.78 is 3.71. The van der Waals surface area contributed by atoms with E-state index >= 15 is 0 Å². The Labute approximate surface area is 209 Å².